The van der Waals surface area contributed by atoms with Crippen molar-refractivity contribution in [2.24, 2.45) is 0 Å². The summed E-state index contributed by atoms with van der Waals surface area (Å²) >= 11 is 3.36. The van der Waals surface area contributed by atoms with Gasteiger partial charge in [0.2, 0.25) is 5.91 Å². The summed E-state index contributed by atoms with van der Waals surface area (Å²) in [4.78, 5) is 23.7. The Morgan fingerprint density at radius 1 is 1.04 bits per heavy atom. The largest absolute Gasteiger partial charge is 0.324 e. The van der Waals surface area contributed by atoms with Crippen LogP contribution in [-0.2, 0) is 4.79 Å². The number of amides is 2. The van der Waals surface area contributed by atoms with Crippen LogP contribution in [-0.4, -0.2) is 21.6 Å². The SMILES string of the molecule is CC(=O)Nc1cc(F)c(F)cc1NC(=O)c1ccn(-c2cccc(Br)c2)n1. The van der Waals surface area contributed by atoms with Crippen molar-refractivity contribution in [3.05, 3.63) is 70.5 Å². The van der Waals surface area contributed by atoms with Crippen molar-refractivity contribution in [2.45, 2.75) is 6.92 Å². The van der Waals surface area contributed by atoms with E-state index in [-0.39, 0.29) is 17.1 Å². The molecule has 0 bridgehead atoms. The predicted molar refractivity (Wildman–Crippen MR) is 99.9 cm³/mol. The lowest BCUT2D eigenvalue weighted by Crippen LogP contribution is -2.16. The van der Waals surface area contributed by atoms with E-state index in [0.717, 1.165) is 22.3 Å². The van der Waals surface area contributed by atoms with Crippen molar-refractivity contribution in [2.75, 3.05) is 10.6 Å². The quantitative estimate of drug-likeness (QED) is 0.648. The summed E-state index contributed by atoms with van der Waals surface area (Å²) in [6.07, 6.45) is 1.59. The van der Waals surface area contributed by atoms with Crippen molar-refractivity contribution in [1.82, 2.24) is 9.78 Å². The standard InChI is InChI=1S/C18H13BrF2N4O2/c1-10(26)22-16-8-13(20)14(21)9-17(16)23-18(27)15-5-6-25(24-15)12-4-2-3-11(19)7-12/h2-9H,1H3,(H,22,26)(H,23,27). The summed E-state index contributed by atoms with van der Waals surface area (Å²) < 4.78 is 29.3. The third-order valence-electron chi connectivity index (χ3n) is 3.51. The molecule has 138 valence electrons. The molecule has 6 nitrogen and oxygen atoms in total. The molecule has 0 aliphatic carbocycles. The highest BCUT2D eigenvalue weighted by Gasteiger charge is 2.16. The molecule has 0 spiro atoms. The van der Waals surface area contributed by atoms with Crippen LogP contribution in [0.1, 0.15) is 17.4 Å². The Bertz CT molecular complexity index is 1040. The molecule has 0 aliphatic heterocycles. The molecule has 1 aromatic heterocycles. The second-order valence-electron chi connectivity index (χ2n) is 5.57. The maximum absolute atomic E-state index is 13.5. The molecular formula is C18H13BrF2N4O2. The van der Waals surface area contributed by atoms with Gasteiger partial charge in [-0.3, -0.25) is 9.59 Å². The first-order valence-electron chi connectivity index (χ1n) is 7.73. The first-order chi connectivity index (χ1) is 12.8. The van der Waals surface area contributed by atoms with Crippen LogP contribution in [0.2, 0.25) is 0 Å². The van der Waals surface area contributed by atoms with Gasteiger partial charge >= 0.3 is 0 Å². The van der Waals surface area contributed by atoms with Crippen LogP contribution in [0.4, 0.5) is 20.2 Å². The van der Waals surface area contributed by atoms with E-state index in [1.807, 2.05) is 24.3 Å². The number of rotatable bonds is 4. The molecule has 9 heteroatoms. The van der Waals surface area contributed by atoms with E-state index in [1.54, 1.807) is 6.20 Å². The van der Waals surface area contributed by atoms with Gasteiger partial charge < -0.3 is 10.6 Å². The number of hydrogen-bond acceptors (Lipinski definition) is 3. The Morgan fingerprint density at radius 3 is 2.33 bits per heavy atom. The van der Waals surface area contributed by atoms with Crippen molar-refractivity contribution < 1.29 is 18.4 Å². The first-order valence-corrected chi connectivity index (χ1v) is 8.52. The number of nitrogens with one attached hydrogen (secondary N) is 2. The average molecular weight is 435 g/mol. The Balaban J connectivity index is 1.86. The van der Waals surface area contributed by atoms with E-state index in [9.17, 15) is 18.4 Å². The molecule has 2 amide bonds. The van der Waals surface area contributed by atoms with Gasteiger partial charge in [0.1, 0.15) is 0 Å². The van der Waals surface area contributed by atoms with Crippen LogP contribution in [0.3, 0.4) is 0 Å². The predicted octanol–water partition coefficient (Wildman–Crippen LogP) is 4.12. The van der Waals surface area contributed by atoms with Crippen LogP contribution < -0.4 is 10.6 Å². The maximum Gasteiger partial charge on any atom is 0.276 e. The molecule has 0 saturated carbocycles. The summed E-state index contributed by atoms with van der Waals surface area (Å²) in [6.45, 7) is 1.21. The maximum atomic E-state index is 13.5. The molecule has 0 fully saturated rings. The number of hydrogen-bond donors (Lipinski definition) is 2. The topological polar surface area (TPSA) is 76.0 Å². The number of carbonyl (C=O) groups excluding carboxylic acids is 2. The smallest absolute Gasteiger partial charge is 0.276 e. The summed E-state index contributed by atoms with van der Waals surface area (Å²) in [7, 11) is 0. The Morgan fingerprint density at radius 2 is 1.70 bits per heavy atom. The minimum Gasteiger partial charge on any atom is -0.324 e. The number of aromatic nitrogens is 2. The lowest BCUT2D eigenvalue weighted by molar-refractivity contribution is -0.114. The van der Waals surface area contributed by atoms with Gasteiger partial charge in [0.25, 0.3) is 5.91 Å². The summed E-state index contributed by atoms with van der Waals surface area (Å²) in [5.74, 6) is -3.42. The Kier molecular flexibility index (Phi) is 5.31. The fourth-order valence-corrected chi connectivity index (χ4v) is 2.72. The van der Waals surface area contributed by atoms with Crippen molar-refractivity contribution in [3.63, 3.8) is 0 Å². The second kappa shape index (κ2) is 7.67. The minimum atomic E-state index is -1.15. The molecule has 3 rings (SSSR count). The highest BCUT2D eigenvalue weighted by molar-refractivity contribution is 9.10. The highest BCUT2D eigenvalue weighted by atomic mass is 79.9. The summed E-state index contributed by atoms with van der Waals surface area (Å²) in [6, 6.07) is 10.4. The Labute approximate surface area is 161 Å². The van der Waals surface area contributed by atoms with Gasteiger partial charge in [-0.05, 0) is 24.3 Å². The van der Waals surface area contributed by atoms with E-state index in [0.29, 0.717) is 0 Å². The van der Waals surface area contributed by atoms with Gasteiger partial charge in [-0.15, -0.1) is 0 Å². The van der Waals surface area contributed by atoms with Crippen LogP contribution in [0.15, 0.2) is 53.1 Å². The number of nitrogens with zero attached hydrogens (tertiary/aromatic N) is 2. The van der Waals surface area contributed by atoms with E-state index < -0.39 is 23.4 Å². The molecule has 0 aliphatic rings. The zero-order valence-corrected chi connectivity index (χ0v) is 15.5. The van der Waals surface area contributed by atoms with E-state index >= 15 is 0 Å². The zero-order valence-electron chi connectivity index (χ0n) is 14.0. The molecule has 0 radical (unpaired) electrons. The molecule has 0 unspecified atom stereocenters. The van der Waals surface area contributed by atoms with Crippen LogP contribution in [0.5, 0.6) is 0 Å². The summed E-state index contributed by atoms with van der Waals surface area (Å²) in [5, 5.41) is 8.95. The van der Waals surface area contributed by atoms with Gasteiger partial charge in [0.15, 0.2) is 17.3 Å². The second-order valence-corrected chi connectivity index (χ2v) is 6.49. The lowest BCUT2D eigenvalue weighted by Gasteiger charge is -2.11. The van der Waals surface area contributed by atoms with Crippen LogP contribution in [0.25, 0.3) is 5.69 Å². The summed E-state index contributed by atoms with van der Waals surface area (Å²) in [5.41, 5.74) is 0.663. The minimum absolute atomic E-state index is 0.0545. The van der Waals surface area contributed by atoms with Crippen LogP contribution in [0, 0.1) is 11.6 Å². The first kappa shape index (κ1) is 18.7. The fraction of sp³-hybridized carbons (Fsp3) is 0.0556. The third kappa shape index (κ3) is 4.37. The van der Waals surface area contributed by atoms with E-state index in [1.165, 1.54) is 17.7 Å². The Hall–Kier alpha value is -3.07. The third-order valence-corrected chi connectivity index (χ3v) is 4.01. The molecule has 0 atom stereocenters. The highest BCUT2D eigenvalue weighted by Crippen LogP contribution is 2.26. The number of carbonyl (C=O) groups is 2. The van der Waals surface area contributed by atoms with Crippen LogP contribution >= 0.6 is 15.9 Å². The van der Waals surface area contributed by atoms with E-state index in [2.05, 4.69) is 31.7 Å². The van der Waals surface area contributed by atoms with Crippen molar-refractivity contribution in [3.8, 4) is 5.69 Å². The van der Waals surface area contributed by atoms with Gasteiger partial charge in [-0.25, -0.2) is 13.5 Å². The lowest BCUT2D eigenvalue weighted by atomic mass is 10.2. The number of benzene rings is 2. The molecule has 3 aromatic rings. The van der Waals surface area contributed by atoms with Gasteiger partial charge in [0.05, 0.1) is 17.1 Å². The average Bonchev–Trinajstić information content (AvgIpc) is 3.09. The molecule has 2 aromatic carbocycles. The number of anilines is 2. The molecular weight excluding hydrogens is 422 g/mol. The zero-order chi connectivity index (χ0) is 19.6. The van der Waals surface area contributed by atoms with Gasteiger partial charge in [0, 0.05) is 29.7 Å². The molecule has 0 saturated heterocycles. The molecule has 2 N–H and O–H groups in total. The number of halogens is 3. The fourth-order valence-electron chi connectivity index (χ4n) is 2.34. The molecule has 27 heavy (non-hydrogen) atoms. The van der Waals surface area contributed by atoms with Crippen molar-refractivity contribution >= 4 is 39.1 Å². The monoisotopic (exact) mass is 434 g/mol. The van der Waals surface area contributed by atoms with E-state index in [4.69, 9.17) is 0 Å². The molecule has 1 heterocycles. The van der Waals surface area contributed by atoms with Gasteiger partial charge in [-0.1, -0.05) is 22.0 Å². The van der Waals surface area contributed by atoms with Crippen molar-refractivity contribution in [1.29, 1.82) is 0 Å². The normalized spacial score (nSPS) is 10.5. The van der Waals surface area contributed by atoms with Gasteiger partial charge in [-0.2, -0.15) is 5.10 Å².